The normalized spacial score (nSPS) is 24.4. The molecule has 0 radical (unpaired) electrons. The minimum atomic E-state index is -1.22. The fraction of sp³-hybridized carbons (Fsp3) is 0.500. The van der Waals surface area contributed by atoms with Crippen molar-refractivity contribution in [2.24, 2.45) is 0 Å². The summed E-state index contributed by atoms with van der Waals surface area (Å²) in [5.74, 6) is -0.793. The molecule has 1 aliphatic rings. The molecule has 1 fully saturated rings. The van der Waals surface area contributed by atoms with Crippen molar-refractivity contribution in [1.82, 2.24) is 4.90 Å². The van der Waals surface area contributed by atoms with E-state index in [1.165, 1.54) is 12.1 Å². The van der Waals surface area contributed by atoms with Crippen LogP contribution in [0.2, 0.25) is 0 Å². The Morgan fingerprint density at radius 1 is 1.53 bits per heavy atom. The second kappa shape index (κ2) is 5.92. The van der Waals surface area contributed by atoms with E-state index in [-0.39, 0.29) is 5.56 Å². The van der Waals surface area contributed by atoms with Gasteiger partial charge in [-0.3, -0.25) is 4.90 Å². The Morgan fingerprint density at radius 2 is 2.26 bits per heavy atom. The molecule has 1 aromatic carbocycles. The topological polar surface area (TPSA) is 40.5 Å². The molecule has 5 heteroatoms. The number of thioether (sulfide) groups is 1. The number of carboxylic acid groups (broad SMARTS) is 1. The summed E-state index contributed by atoms with van der Waals surface area (Å²) in [5.41, 5.74) is 0.563. The lowest BCUT2D eigenvalue weighted by molar-refractivity contribution is 0.0692. The molecule has 2 unspecified atom stereocenters. The van der Waals surface area contributed by atoms with Gasteiger partial charge in [-0.2, -0.15) is 11.8 Å². The summed E-state index contributed by atoms with van der Waals surface area (Å²) < 4.78 is 13.6. The van der Waals surface area contributed by atoms with Crippen LogP contribution >= 0.6 is 11.8 Å². The minimum Gasteiger partial charge on any atom is -0.478 e. The van der Waals surface area contributed by atoms with Gasteiger partial charge in [0.1, 0.15) is 5.82 Å². The first-order chi connectivity index (χ1) is 8.99. The van der Waals surface area contributed by atoms with E-state index in [1.807, 2.05) is 11.8 Å². The van der Waals surface area contributed by atoms with Crippen LogP contribution in [0.1, 0.15) is 29.8 Å². The maximum atomic E-state index is 13.6. The molecule has 0 spiro atoms. The van der Waals surface area contributed by atoms with Crippen molar-refractivity contribution in [1.29, 1.82) is 0 Å². The molecule has 0 aromatic heterocycles. The third-order valence-electron chi connectivity index (χ3n) is 3.66. The number of carboxylic acids is 1. The number of rotatable bonds is 3. The van der Waals surface area contributed by atoms with Gasteiger partial charge in [-0.15, -0.1) is 0 Å². The number of aromatic carboxylic acids is 1. The Bertz CT molecular complexity index is 481. The third-order valence-corrected chi connectivity index (χ3v) is 5.00. The standard InChI is InChI=1S/C14H18FNO2S/c1-9-10(2)19-6-5-16(9)8-11-3-4-12(14(17)18)13(15)7-11/h3-4,7,9-10H,5-6,8H2,1-2H3,(H,17,18). The lowest BCUT2D eigenvalue weighted by Gasteiger charge is -2.37. The summed E-state index contributed by atoms with van der Waals surface area (Å²) in [6.45, 7) is 6.04. The van der Waals surface area contributed by atoms with Gasteiger partial charge in [0.25, 0.3) is 0 Å². The Labute approximate surface area is 116 Å². The van der Waals surface area contributed by atoms with Gasteiger partial charge in [0.05, 0.1) is 5.56 Å². The molecule has 2 atom stereocenters. The molecular weight excluding hydrogens is 265 g/mol. The summed E-state index contributed by atoms with van der Waals surface area (Å²) in [6, 6.07) is 4.83. The predicted molar refractivity (Wildman–Crippen MR) is 75.2 cm³/mol. The van der Waals surface area contributed by atoms with Crippen LogP contribution in [0.3, 0.4) is 0 Å². The van der Waals surface area contributed by atoms with Crippen LogP contribution in [0, 0.1) is 5.82 Å². The van der Waals surface area contributed by atoms with E-state index in [4.69, 9.17) is 5.11 Å². The molecule has 1 heterocycles. The Hall–Kier alpha value is -1.07. The fourth-order valence-corrected chi connectivity index (χ4v) is 3.45. The summed E-state index contributed by atoms with van der Waals surface area (Å²) in [5, 5.41) is 9.37. The highest BCUT2D eigenvalue weighted by Gasteiger charge is 2.25. The first kappa shape index (κ1) is 14.3. The highest BCUT2D eigenvalue weighted by atomic mass is 32.2. The molecule has 1 N–H and O–H groups in total. The van der Waals surface area contributed by atoms with E-state index in [2.05, 4.69) is 18.7 Å². The number of nitrogens with zero attached hydrogens (tertiary/aromatic N) is 1. The fourth-order valence-electron chi connectivity index (χ4n) is 2.28. The summed E-state index contributed by atoms with van der Waals surface area (Å²) in [6.07, 6.45) is 0. The molecule has 0 saturated carbocycles. The average Bonchev–Trinajstić information content (AvgIpc) is 2.34. The Kier molecular flexibility index (Phi) is 4.47. The van der Waals surface area contributed by atoms with Crippen molar-refractivity contribution in [2.45, 2.75) is 31.7 Å². The van der Waals surface area contributed by atoms with Gasteiger partial charge in [-0.05, 0) is 24.6 Å². The number of benzene rings is 1. The van der Waals surface area contributed by atoms with Crippen LogP contribution in [-0.2, 0) is 6.54 Å². The quantitative estimate of drug-likeness (QED) is 0.926. The Balaban J connectivity index is 2.11. The lowest BCUT2D eigenvalue weighted by atomic mass is 10.1. The van der Waals surface area contributed by atoms with Crippen molar-refractivity contribution in [3.8, 4) is 0 Å². The zero-order valence-electron chi connectivity index (χ0n) is 11.1. The van der Waals surface area contributed by atoms with Crippen LogP contribution < -0.4 is 0 Å². The highest BCUT2D eigenvalue weighted by Crippen LogP contribution is 2.25. The van der Waals surface area contributed by atoms with E-state index in [0.29, 0.717) is 17.8 Å². The molecule has 0 bridgehead atoms. The number of halogens is 1. The van der Waals surface area contributed by atoms with Gasteiger partial charge in [0.2, 0.25) is 0 Å². The molecular formula is C14H18FNO2S. The molecule has 1 aromatic rings. The molecule has 1 saturated heterocycles. The summed E-state index contributed by atoms with van der Waals surface area (Å²) >= 11 is 1.96. The van der Waals surface area contributed by atoms with Crippen LogP contribution in [0.5, 0.6) is 0 Å². The van der Waals surface area contributed by atoms with Gasteiger partial charge < -0.3 is 5.11 Å². The van der Waals surface area contributed by atoms with Crippen LogP contribution in [-0.4, -0.2) is 39.6 Å². The molecule has 104 valence electrons. The van der Waals surface area contributed by atoms with Crippen molar-refractivity contribution >= 4 is 17.7 Å². The van der Waals surface area contributed by atoms with Gasteiger partial charge >= 0.3 is 5.97 Å². The van der Waals surface area contributed by atoms with Crippen molar-refractivity contribution in [2.75, 3.05) is 12.3 Å². The molecule has 0 amide bonds. The Morgan fingerprint density at radius 3 is 2.89 bits per heavy atom. The molecule has 1 aliphatic heterocycles. The van der Waals surface area contributed by atoms with E-state index < -0.39 is 11.8 Å². The summed E-state index contributed by atoms with van der Waals surface area (Å²) in [7, 11) is 0. The SMILES string of the molecule is CC1SCCN(Cc2ccc(C(=O)O)c(F)c2)C1C. The monoisotopic (exact) mass is 283 g/mol. The zero-order chi connectivity index (χ0) is 14.0. The van der Waals surface area contributed by atoms with Crippen LogP contribution in [0.4, 0.5) is 4.39 Å². The number of carbonyl (C=O) groups is 1. The van der Waals surface area contributed by atoms with Crippen molar-refractivity contribution in [3.05, 3.63) is 35.1 Å². The maximum absolute atomic E-state index is 13.6. The van der Waals surface area contributed by atoms with Gasteiger partial charge in [0, 0.05) is 30.1 Å². The average molecular weight is 283 g/mol. The van der Waals surface area contributed by atoms with E-state index in [9.17, 15) is 9.18 Å². The van der Waals surface area contributed by atoms with E-state index in [1.54, 1.807) is 6.07 Å². The van der Waals surface area contributed by atoms with Gasteiger partial charge in [0.15, 0.2) is 0 Å². The second-order valence-corrected chi connectivity index (χ2v) is 6.39. The smallest absolute Gasteiger partial charge is 0.338 e. The molecule has 19 heavy (non-hydrogen) atoms. The molecule has 3 nitrogen and oxygen atoms in total. The largest absolute Gasteiger partial charge is 0.478 e. The van der Waals surface area contributed by atoms with Gasteiger partial charge in [-0.1, -0.05) is 13.0 Å². The van der Waals surface area contributed by atoms with Gasteiger partial charge in [-0.25, -0.2) is 9.18 Å². The number of hydrogen-bond donors (Lipinski definition) is 1. The molecule has 2 rings (SSSR count). The third kappa shape index (κ3) is 3.28. The van der Waals surface area contributed by atoms with Crippen LogP contribution in [0.15, 0.2) is 18.2 Å². The zero-order valence-corrected chi connectivity index (χ0v) is 11.9. The predicted octanol–water partition coefficient (Wildman–Crippen LogP) is 2.85. The highest BCUT2D eigenvalue weighted by molar-refractivity contribution is 8.00. The molecule has 0 aliphatic carbocycles. The first-order valence-electron chi connectivity index (χ1n) is 6.36. The van der Waals surface area contributed by atoms with Crippen molar-refractivity contribution < 1.29 is 14.3 Å². The van der Waals surface area contributed by atoms with Crippen LogP contribution in [0.25, 0.3) is 0 Å². The lowest BCUT2D eigenvalue weighted by Crippen LogP contribution is -2.43. The van der Waals surface area contributed by atoms with Crippen molar-refractivity contribution in [3.63, 3.8) is 0 Å². The first-order valence-corrected chi connectivity index (χ1v) is 7.41. The minimum absolute atomic E-state index is 0.264. The van der Waals surface area contributed by atoms with E-state index in [0.717, 1.165) is 17.9 Å². The second-order valence-electron chi connectivity index (χ2n) is 4.91. The number of hydrogen-bond acceptors (Lipinski definition) is 3. The van der Waals surface area contributed by atoms with E-state index >= 15 is 0 Å². The summed E-state index contributed by atoms with van der Waals surface area (Å²) in [4.78, 5) is 13.1. The maximum Gasteiger partial charge on any atom is 0.338 e.